The van der Waals surface area contributed by atoms with E-state index in [1.807, 2.05) is 30.1 Å². The Balaban J connectivity index is 0.00000220. The highest BCUT2D eigenvalue weighted by Crippen LogP contribution is 2.18. The van der Waals surface area contributed by atoms with E-state index in [9.17, 15) is 9.59 Å². The number of likely N-dealkylation sites (tertiary alicyclic amines) is 1. The smallest absolute Gasteiger partial charge is 0.223 e. The van der Waals surface area contributed by atoms with Crippen molar-refractivity contribution in [2.24, 2.45) is 0 Å². The third-order valence-corrected chi connectivity index (χ3v) is 3.80. The Morgan fingerprint density at radius 1 is 1.24 bits per heavy atom. The van der Waals surface area contributed by atoms with Gasteiger partial charge in [0.15, 0.2) is 5.78 Å². The lowest BCUT2D eigenvalue weighted by molar-refractivity contribution is -0.131. The fourth-order valence-electron chi connectivity index (χ4n) is 2.74. The minimum atomic E-state index is 0. The standard InChI is InChI=1S/C16H22N2O2.ClH/c1-17-12-14-8-5-11-18(14)16(20)10-9-15(19)13-6-3-2-4-7-13;/h2-4,6-7,14,17H,5,8-12H2,1H3;1H. The summed E-state index contributed by atoms with van der Waals surface area (Å²) < 4.78 is 0. The maximum absolute atomic E-state index is 12.2. The Morgan fingerprint density at radius 3 is 2.62 bits per heavy atom. The lowest BCUT2D eigenvalue weighted by atomic mass is 10.1. The minimum Gasteiger partial charge on any atom is -0.338 e. The number of Topliss-reactive ketones (excluding diaryl/α,β-unsaturated/α-hetero) is 1. The molecular weight excluding hydrogens is 288 g/mol. The lowest BCUT2D eigenvalue weighted by Gasteiger charge is -2.24. The predicted molar refractivity (Wildman–Crippen MR) is 85.9 cm³/mol. The van der Waals surface area contributed by atoms with Crippen LogP contribution in [0.1, 0.15) is 36.0 Å². The molecule has 4 nitrogen and oxygen atoms in total. The highest BCUT2D eigenvalue weighted by Gasteiger charge is 2.27. The van der Waals surface area contributed by atoms with E-state index in [1.165, 1.54) is 0 Å². The van der Waals surface area contributed by atoms with Gasteiger partial charge in [-0.25, -0.2) is 0 Å². The zero-order chi connectivity index (χ0) is 14.4. The van der Waals surface area contributed by atoms with Crippen molar-refractivity contribution in [2.75, 3.05) is 20.1 Å². The van der Waals surface area contributed by atoms with Crippen molar-refractivity contribution in [2.45, 2.75) is 31.7 Å². The normalized spacial score (nSPS) is 17.4. The fourth-order valence-corrected chi connectivity index (χ4v) is 2.74. The molecule has 1 aromatic carbocycles. The van der Waals surface area contributed by atoms with Crippen LogP contribution in [-0.4, -0.2) is 42.8 Å². The number of halogens is 1. The SMILES string of the molecule is CNCC1CCCN1C(=O)CCC(=O)c1ccccc1.Cl. The second-order valence-corrected chi connectivity index (χ2v) is 5.23. The quantitative estimate of drug-likeness (QED) is 0.820. The zero-order valence-electron chi connectivity index (χ0n) is 12.4. The molecule has 5 heteroatoms. The van der Waals surface area contributed by atoms with Crippen LogP contribution < -0.4 is 5.32 Å². The number of nitrogens with zero attached hydrogens (tertiary/aromatic N) is 1. The Labute approximate surface area is 132 Å². The molecule has 0 bridgehead atoms. The number of hydrogen-bond acceptors (Lipinski definition) is 3. The first-order chi connectivity index (χ1) is 9.72. The topological polar surface area (TPSA) is 49.4 Å². The molecule has 1 fully saturated rings. The van der Waals surface area contributed by atoms with Gasteiger partial charge in [0.2, 0.25) is 5.91 Å². The third-order valence-electron chi connectivity index (χ3n) is 3.80. The first-order valence-corrected chi connectivity index (χ1v) is 7.24. The number of amides is 1. The Morgan fingerprint density at radius 2 is 1.95 bits per heavy atom. The van der Waals surface area contributed by atoms with Crippen molar-refractivity contribution in [1.29, 1.82) is 0 Å². The Kier molecular flexibility index (Phi) is 7.40. The van der Waals surface area contributed by atoms with Crippen LogP contribution in [0.3, 0.4) is 0 Å². The average molecular weight is 311 g/mol. The average Bonchev–Trinajstić information content (AvgIpc) is 2.94. The van der Waals surface area contributed by atoms with Crippen molar-refractivity contribution in [3.05, 3.63) is 35.9 Å². The van der Waals surface area contributed by atoms with Gasteiger partial charge in [-0.15, -0.1) is 12.4 Å². The first-order valence-electron chi connectivity index (χ1n) is 7.24. The molecule has 1 unspecified atom stereocenters. The molecule has 1 aromatic rings. The maximum atomic E-state index is 12.2. The van der Waals surface area contributed by atoms with Crippen molar-refractivity contribution in [3.8, 4) is 0 Å². The highest BCUT2D eigenvalue weighted by atomic mass is 35.5. The molecule has 21 heavy (non-hydrogen) atoms. The number of rotatable bonds is 6. The van der Waals surface area contributed by atoms with Gasteiger partial charge in [-0.3, -0.25) is 9.59 Å². The number of ketones is 1. The van der Waals surface area contributed by atoms with E-state index in [1.54, 1.807) is 12.1 Å². The van der Waals surface area contributed by atoms with Crippen LogP contribution >= 0.6 is 12.4 Å². The summed E-state index contributed by atoms with van der Waals surface area (Å²) in [5, 5.41) is 3.12. The Bertz CT molecular complexity index is 465. The van der Waals surface area contributed by atoms with Gasteiger partial charge in [-0.1, -0.05) is 30.3 Å². The largest absolute Gasteiger partial charge is 0.338 e. The van der Waals surface area contributed by atoms with Crippen molar-refractivity contribution in [3.63, 3.8) is 0 Å². The zero-order valence-corrected chi connectivity index (χ0v) is 13.2. The molecular formula is C16H23ClN2O2. The number of carbonyl (C=O) groups is 2. The summed E-state index contributed by atoms with van der Waals surface area (Å²) in [6.45, 7) is 1.66. The molecule has 0 saturated carbocycles. The van der Waals surface area contributed by atoms with E-state index in [-0.39, 0.29) is 24.1 Å². The van der Waals surface area contributed by atoms with E-state index in [4.69, 9.17) is 0 Å². The van der Waals surface area contributed by atoms with Crippen molar-refractivity contribution in [1.82, 2.24) is 10.2 Å². The second-order valence-electron chi connectivity index (χ2n) is 5.23. The van der Waals surface area contributed by atoms with Gasteiger partial charge in [0.05, 0.1) is 0 Å². The Hall–Kier alpha value is -1.39. The number of carbonyl (C=O) groups excluding carboxylic acids is 2. The maximum Gasteiger partial charge on any atom is 0.223 e. The molecule has 0 radical (unpaired) electrons. The van der Waals surface area contributed by atoms with Gasteiger partial charge in [0.25, 0.3) is 0 Å². The summed E-state index contributed by atoms with van der Waals surface area (Å²) in [5.74, 6) is 0.148. The molecule has 1 heterocycles. The summed E-state index contributed by atoms with van der Waals surface area (Å²) >= 11 is 0. The van der Waals surface area contributed by atoms with Gasteiger partial charge < -0.3 is 10.2 Å². The van der Waals surface area contributed by atoms with Crippen LogP contribution in [-0.2, 0) is 4.79 Å². The molecule has 1 N–H and O–H groups in total. The second kappa shape index (κ2) is 8.80. The van der Waals surface area contributed by atoms with E-state index >= 15 is 0 Å². The van der Waals surface area contributed by atoms with E-state index in [2.05, 4.69) is 5.32 Å². The van der Waals surface area contributed by atoms with Crippen LogP contribution in [0.4, 0.5) is 0 Å². The van der Waals surface area contributed by atoms with Gasteiger partial charge >= 0.3 is 0 Å². The number of likely N-dealkylation sites (N-methyl/N-ethyl adjacent to an activating group) is 1. The molecule has 1 atom stereocenters. The predicted octanol–water partition coefficient (Wildman–Crippen LogP) is 2.28. The van der Waals surface area contributed by atoms with Gasteiger partial charge in [0, 0.05) is 37.5 Å². The van der Waals surface area contributed by atoms with Crippen LogP contribution in [0.15, 0.2) is 30.3 Å². The summed E-state index contributed by atoms with van der Waals surface area (Å²) in [7, 11) is 1.90. The number of benzene rings is 1. The fraction of sp³-hybridized carbons (Fsp3) is 0.500. The number of nitrogens with one attached hydrogen (secondary N) is 1. The molecule has 1 saturated heterocycles. The lowest BCUT2D eigenvalue weighted by Crippen LogP contribution is -2.40. The summed E-state index contributed by atoms with van der Waals surface area (Å²) in [6, 6.07) is 9.46. The molecule has 0 spiro atoms. The van der Waals surface area contributed by atoms with Gasteiger partial charge in [-0.05, 0) is 19.9 Å². The molecule has 1 amide bonds. The van der Waals surface area contributed by atoms with Gasteiger partial charge in [0.1, 0.15) is 0 Å². The molecule has 0 aromatic heterocycles. The van der Waals surface area contributed by atoms with Crippen LogP contribution in [0.25, 0.3) is 0 Å². The molecule has 0 aliphatic carbocycles. The van der Waals surface area contributed by atoms with Crippen LogP contribution in [0.2, 0.25) is 0 Å². The highest BCUT2D eigenvalue weighted by molar-refractivity contribution is 5.97. The van der Waals surface area contributed by atoms with Crippen molar-refractivity contribution >= 4 is 24.1 Å². The summed E-state index contributed by atoms with van der Waals surface area (Å²) in [6.07, 6.45) is 2.73. The first kappa shape index (κ1) is 17.7. The summed E-state index contributed by atoms with van der Waals surface area (Å²) in [5.41, 5.74) is 0.688. The minimum absolute atomic E-state index is 0. The number of hydrogen-bond donors (Lipinski definition) is 1. The summed E-state index contributed by atoms with van der Waals surface area (Å²) in [4.78, 5) is 26.1. The van der Waals surface area contributed by atoms with E-state index in [0.29, 0.717) is 24.4 Å². The molecule has 1 aliphatic heterocycles. The monoisotopic (exact) mass is 310 g/mol. The van der Waals surface area contributed by atoms with Gasteiger partial charge in [-0.2, -0.15) is 0 Å². The third kappa shape index (κ3) is 4.83. The van der Waals surface area contributed by atoms with Crippen LogP contribution in [0, 0.1) is 0 Å². The van der Waals surface area contributed by atoms with E-state index < -0.39 is 0 Å². The molecule has 2 rings (SSSR count). The molecule has 116 valence electrons. The van der Waals surface area contributed by atoms with Crippen LogP contribution in [0.5, 0.6) is 0 Å². The van der Waals surface area contributed by atoms with E-state index in [0.717, 1.165) is 25.9 Å². The van der Waals surface area contributed by atoms with Crippen molar-refractivity contribution < 1.29 is 9.59 Å². The molecule has 1 aliphatic rings.